The van der Waals surface area contributed by atoms with E-state index in [0.29, 0.717) is 27.4 Å². The van der Waals surface area contributed by atoms with Gasteiger partial charge in [-0.3, -0.25) is 9.59 Å². The summed E-state index contributed by atoms with van der Waals surface area (Å²) in [4.78, 5) is 24.8. The topological polar surface area (TPSA) is 92.8 Å². The van der Waals surface area contributed by atoms with Gasteiger partial charge in [0.1, 0.15) is 5.75 Å². The van der Waals surface area contributed by atoms with Crippen molar-refractivity contribution in [1.29, 1.82) is 0 Å². The lowest BCUT2D eigenvalue weighted by Crippen LogP contribution is -2.41. The van der Waals surface area contributed by atoms with Crippen LogP contribution in [0.3, 0.4) is 0 Å². The molecule has 2 aromatic carbocycles. The van der Waals surface area contributed by atoms with Crippen LogP contribution in [0, 0.1) is 6.92 Å². The highest BCUT2D eigenvalue weighted by molar-refractivity contribution is 7.93. The summed E-state index contributed by atoms with van der Waals surface area (Å²) < 4.78 is 32.9. The SMILES string of the molecule is COc1ccc2c3c1=CC(NC(C)=O)CC=3C(=O)N2S(=O)(=O)c1ccc(C)cc1. The summed E-state index contributed by atoms with van der Waals surface area (Å²) in [5, 5.41) is 3.94. The molecule has 0 radical (unpaired) electrons. The van der Waals surface area contributed by atoms with Gasteiger partial charge >= 0.3 is 0 Å². The van der Waals surface area contributed by atoms with Gasteiger partial charge in [-0.1, -0.05) is 23.8 Å². The predicted molar refractivity (Wildman–Crippen MR) is 108 cm³/mol. The van der Waals surface area contributed by atoms with Gasteiger partial charge in [0.25, 0.3) is 15.9 Å². The number of ether oxygens (including phenoxy) is 1. The molecule has 0 saturated carbocycles. The predicted octanol–water partition coefficient (Wildman–Crippen LogP) is 0.579. The van der Waals surface area contributed by atoms with Crippen molar-refractivity contribution in [1.82, 2.24) is 5.32 Å². The van der Waals surface area contributed by atoms with E-state index in [9.17, 15) is 18.0 Å². The molecule has 0 aromatic heterocycles. The van der Waals surface area contributed by atoms with E-state index in [1.165, 1.54) is 26.2 Å². The molecule has 2 aliphatic rings. The minimum absolute atomic E-state index is 0.0441. The number of aryl methyl sites for hydroxylation is 1. The van der Waals surface area contributed by atoms with Crippen LogP contribution in [0.2, 0.25) is 0 Å². The number of sulfonamides is 1. The Morgan fingerprint density at radius 3 is 2.48 bits per heavy atom. The second-order valence-electron chi connectivity index (χ2n) is 7.12. The number of carbonyl (C=O) groups excluding carboxylic acids is 2. The monoisotopic (exact) mass is 412 g/mol. The van der Waals surface area contributed by atoms with Gasteiger partial charge < -0.3 is 10.1 Å². The lowest BCUT2D eigenvalue weighted by Gasteiger charge is -2.19. The zero-order chi connectivity index (χ0) is 20.9. The van der Waals surface area contributed by atoms with Gasteiger partial charge in [0.15, 0.2) is 0 Å². The molecule has 1 unspecified atom stereocenters. The molecule has 1 aliphatic heterocycles. The summed E-state index contributed by atoms with van der Waals surface area (Å²) in [7, 11) is -2.58. The minimum Gasteiger partial charge on any atom is -0.496 e. The molecule has 2 aromatic rings. The van der Waals surface area contributed by atoms with Crippen molar-refractivity contribution in [2.75, 3.05) is 11.4 Å². The van der Waals surface area contributed by atoms with Gasteiger partial charge in [-0.25, -0.2) is 8.42 Å². The maximum absolute atomic E-state index is 13.3. The van der Waals surface area contributed by atoms with E-state index in [1.54, 1.807) is 30.3 Å². The van der Waals surface area contributed by atoms with Crippen molar-refractivity contribution in [3.8, 4) is 5.75 Å². The first-order valence-corrected chi connectivity index (χ1v) is 10.5. The summed E-state index contributed by atoms with van der Waals surface area (Å²) in [6.07, 6.45) is 2.02. The smallest absolute Gasteiger partial charge is 0.271 e. The minimum atomic E-state index is -4.09. The number of nitrogens with one attached hydrogen (secondary N) is 1. The highest BCUT2D eigenvalue weighted by Gasteiger charge is 2.41. The van der Waals surface area contributed by atoms with Crippen molar-refractivity contribution in [2.24, 2.45) is 0 Å². The Balaban J connectivity index is 1.91. The molecular weight excluding hydrogens is 392 g/mol. The molecule has 2 amide bonds. The van der Waals surface area contributed by atoms with Crippen LogP contribution in [0.25, 0.3) is 11.6 Å². The first-order valence-electron chi connectivity index (χ1n) is 9.09. The summed E-state index contributed by atoms with van der Waals surface area (Å²) in [6.45, 7) is 3.25. The number of hydrogen-bond donors (Lipinski definition) is 1. The molecule has 1 N–H and O–H groups in total. The molecule has 0 bridgehead atoms. The van der Waals surface area contributed by atoms with Gasteiger partial charge in [-0.15, -0.1) is 0 Å². The normalized spacial score (nSPS) is 17.6. The second kappa shape index (κ2) is 6.73. The number of hydrogen-bond acceptors (Lipinski definition) is 5. The lowest BCUT2D eigenvalue weighted by molar-refractivity contribution is -0.119. The Kier molecular flexibility index (Phi) is 4.46. The van der Waals surface area contributed by atoms with Crippen LogP contribution < -0.4 is 24.8 Å². The second-order valence-corrected chi connectivity index (χ2v) is 8.91. The Bertz CT molecular complexity index is 1260. The maximum Gasteiger partial charge on any atom is 0.271 e. The molecule has 1 heterocycles. The zero-order valence-electron chi connectivity index (χ0n) is 16.2. The van der Waals surface area contributed by atoms with E-state index in [2.05, 4.69) is 5.32 Å². The Labute approximate surface area is 168 Å². The molecule has 0 spiro atoms. The number of amides is 2. The number of rotatable bonds is 4. The zero-order valence-corrected chi connectivity index (χ0v) is 17.0. The largest absolute Gasteiger partial charge is 0.496 e. The summed E-state index contributed by atoms with van der Waals surface area (Å²) >= 11 is 0. The first-order chi connectivity index (χ1) is 13.7. The van der Waals surface area contributed by atoms with E-state index in [4.69, 9.17) is 4.74 Å². The third-order valence-electron chi connectivity index (χ3n) is 5.11. The fraction of sp³-hybridized carbons (Fsp3) is 0.238. The number of methoxy groups -OCH3 is 1. The van der Waals surface area contributed by atoms with Crippen molar-refractivity contribution in [3.63, 3.8) is 0 Å². The average Bonchev–Trinajstić information content (AvgIpc) is 2.95. The number of carbonyl (C=O) groups is 2. The highest BCUT2D eigenvalue weighted by Crippen LogP contribution is 2.31. The van der Waals surface area contributed by atoms with E-state index in [0.717, 1.165) is 9.87 Å². The quantitative estimate of drug-likeness (QED) is 0.793. The molecule has 0 saturated heterocycles. The highest BCUT2D eigenvalue weighted by atomic mass is 32.2. The fourth-order valence-electron chi connectivity index (χ4n) is 3.84. The van der Waals surface area contributed by atoms with Crippen LogP contribution in [-0.2, 0) is 19.6 Å². The standard InChI is InChI=1S/C21H20N2O5S/c1-12-4-6-15(7-5-12)29(26,27)23-18-8-9-19(28-3)16-10-14(22-13(2)24)11-17(20(16)18)21(23)25/h4-10,14H,11H2,1-3H3,(H,22,24). The van der Waals surface area contributed by atoms with Crippen LogP contribution in [0.15, 0.2) is 41.3 Å². The van der Waals surface area contributed by atoms with E-state index in [-0.39, 0.29) is 17.2 Å². The van der Waals surface area contributed by atoms with Crippen LogP contribution >= 0.6 is 0 Å². The number of benzene rings is 2. The van der Waals surface area contributed by atoms with Crippen LogP contribution in [-0.4, -0.2) is 33.4 Å². The molecule has 7 nitrogen and oxygen atoms in total. The summed E-state index contributed by atoms with van der Waals surface area (Å²) in [5.41, 5.74) is 1.58. The lowest BCUT2D eigenvalue weighted by atomic mass is 9.96. The van der Waals surface area contributed by atoms with Crippen molar-refractivity contribution >= 4 is 39.2 Å². The van der Waals surface area contributed by atoms with Crippen molar-refractivity contribution < 1.29 is 22.7 Å². The van der Waals surface area contributed by atoms with Crippen LogP contribution in [0.1, 0.15) is 18.9 Å². The molecule has 29 heavy (non-hydrogen) atoms. The van der Waals surface area contributed by atoms with Crippen molar-refractivity contribution in [3.05, 3.63) is 52.4 Å². The van der Waals surface area contributed by atoms with Crippen LogP contribution in [0.4, 0.5) is 5.69 Å². The first kappa shape index (κ1) is 19.2. The van der Waals surface area contributed by atoms with E-state index >= 15 is 0 Å². The van der Waals surface area contributed by atoms with E-state index < -0.39 is 22.0 Å². The average molecular weight is 412 g/mol. The Morgan fingerprint density at radius 1 is 1.17 bits per heavy atom. The Morgan fingerprint density at radius 2 is 1.86 bits per heavy atom. The molecule has 0 fully saturated rings. The Hall–Kier alpha value is -3.13. The molecular formula is C21H20N2O5S. The van der Waals surface area contributed by atoms with Gasteiger partial charge in [-0.05, 0) is 31.2 Å². The fourth-order valence-corrected chi connectivity index (χ4v) is 5.27. The van der Waals surface area contributed by atoms with E-state index in [1.807, 2.05) is 6.92 Å². The summed E-state index contributed by atoms with van der Waals surface area (Å²) in [5.74, 6) is -0.322. The number of anilines is 1. The molecule has 8 heteroatoms. The number of nitrogens with zero attached hydrogens (tertiary/aromatic N) is 1. The van der Waals surface area contributed by atoms with Gasteiger partial charge in [-0.2, -0.15) is 4.31 Å². The molecule has 1 atom stereocenters. The van der Waals surface area contributed by atoms with Crippen molar-refractivity contribution in [2.45, 2.75) is 31.2 Å². The van der Waals surface area contributed by atoms with Gasteiger partial charge in [0.2, 0.25) is 5.91 Å². The molecule has 150 valence electrons. The van der Waals surface area contributed by atoms with Gasteiger partial charge in [0, 0.05) is 29.4 Å². The third-order valence-corrected chi connectivity index (χ3v) is 6.82. The molecule has 1 aliphatic carbocycles. The maximum atomic E-state index is 13.3. The summed E-state index contributed by atoms with van der Waals surface area (Å²) in [6, 6.07) is 9.16. The third kappa shape index (κ3) is 3.00. The van der Waals surface area contributed by atoms with Crippen LogP contribution in [0.5, 0.6) is 5.75 Å². The van der Waals surface area contributed by atoms with Gasteiger partial charge in [0.05, 0.1) is 23.7 Å². The molecule has 4 rings (SSSR count).